The number of hydrogen-bond acceptors (Lipinski definition) is 3. The van der Waals surface area contributed by atoms with E-state index in [0.717, 1.165) is 16.7 Å². The van der Waals surface area contributed by atoms with Crippen molar-refractivity contribution < 1.29 is 13.4 Å². The van der Waals surface area contributed by atoms with Gasteiger partial charge in [0.1, 0.15) is 0 Å². The topological polar surface area (TPSA) is 47.3 Å². The lowest BCUT2D eigenvalue weighted by atomic mass is 10.1. The Bertz CT molecular complexity index is 580. The van der Waals surface area contributed by atoms with Gasteiger partial charge in [0.15, 0.2) is 5.76 Å². The number of ketones is 1. The maximum atomic E-state index is 12.0. The third-order valence-corrected chi connectivity index (χ3v) is 3.94. The van der Waals surface area contributed by atoms with E-state index in [1.165, 1.54) is 6.26 Å². The molecule has 100 valence electrons. The molecule has 0 N–H and O–H groups in total. The highest BCUT2D eigenvalue weighted by Crippen LogP contribution is 2.12. The number of carbonyl (C=O) groups is 1. The van der Waals surface area contributed by atoms with Gasteiger partial charge in [0.2, 0.25) is 5.78 Å². The number of Topliss-reactive ketones (excluding diaryl/α,β-unsaturated/α-hetero) is 1. The number of aryl methyl sites for hydroxylation is 2. The molecule has 0 aliphatic rings. The second kappa shape index (κ2) is 5.97. The Kier molecular flexibility index (Phi) is 4.32. The molecule has 0 aliphatic carbocycles. The minimum Gasteiger partial charge on any atom is -0.461 e. The van der Waals surface area contributed by atoms with Crippen molar-refractivity contribution in [2.75, 3.05) is 5.75 Å². The Balaban J connectivity index is 1.99. The molecule has 0 fully saturated rings. The molecule has 1 aromatic carbocycles. The van der Waals surface area contributed by atoms with E-state index in [9.17, 15) is 9.00 Å². The molecule has 0 radical (unpaired) electrons. The van der Waals surface area contributed by atoms with E-state index in [1.807, 2.05) is 26.0 Å². The first kappa shape index (κ1) is 13.7. The zero-order chi connectivity index (χ0) is 13.8. The van der Waals surface area contributed by atoms with E-state index in [1.54, 1.807) is 12.1 Å². The van der Waals surface area contributed by atoms with Crippen molar-refractivity contribution in [2.24, 2.45) is 0 Å². The Labute approximate surface area is 115 Å². The molecule has 1 heterocycles. The molecule has 2 aromatic rings. The van der Waals surface area contributed by atoms with E-state index in [-0.39, 0.29) is 17.3 Å². The molecule has 0 bridgehead atoms. The highest BCUT2D eigenvalue weighted by atomic mass is 32.2. The van der Waals surface area contributed by atoms with Gasteiger partial charge in [-0.1, -0.05) is 29.3 Å². The average molecular weight is 276 g/mol. The van der Waals surface area contributed by atoms with E-state index >= 15 is 0 Å². The fraction of sp³-hybridized carbons (Fsp3) is 0.267. The number of hydrogen-bond donors (Lipinski definition) is 0. The normalized spacial score (nSPS) is 12.3. The lowest BCUT2D eigenvalue weighted by Crippen LogP contribution is -2.11. The minimum absolute atomic E-state index is 0.000499. The van der Waals surface area contributed by atoms with Crippen LogP contribution in [0.3, 0.4) is 0 Å². The van der Waals surface area contributed by atoms with Crippen LogP contribution in [0.2, 0.25) is 0 Å². The van der Waals surface area contributed by atoms with Gasteiger partial charge in [0.05, 0.1) is 12.0 Å². The molecule has 19 heavy (non-hydrogen) atoms. The molecule has 0 aliphatic heterocycles. The summed E-state index contributed by atoms with van der Waals surface area (Å²) in [5.74, 6) is 0.455. The van der Waals surface area contributed by atoms with E-state index in [0.29, 0.717) is 5.75 Å². The Morgan fingerprint density at radius 2 is 1.89 bits per heavy atom. The molecule has 1 atom stereocenters. The van der Waals surface area contributed by atoms with Crippen LogP contribution < -0.4 is 0 Å². The van der Waals surface area contributed by atoms with Gasteiger partial charge >= 0.3 is 0 Å². The molecule has 0 saturated heterocycles. The second-order valence-corrected chi connectivity index (χ2v) is 6.08. The lowest BCUT2D eigenvalue weighted by molar-refractivity contribution is 0.0991. The molecular weight excluding hydrogens is 260 g/mol. The van der Waals surface area contributed by atoms with Crippen LogP contribution in [0, 0.1) is 13.8 Å². The predicted octanol–water partition coefficient (Wildman–Crippen LogP) is 3.03. The Hall–Kier alpha value is -1.68. The van der Waals surface area contributed by atoms with Gasteiger partial charge in [-0.2, -0.15) is 0 Å². The van der Waals surface area contributed by atoms with Crippen molar-refractivity contribution in [2.45, 2.75) is 19.6 Å². The standard InChI is InChI=1S/C15H16O3S/c1-11-6-12(2)8-13(7-11)9-19(17)10-14(16)15-4-3-5-18-15/h3-8H,9-10H2,1-2H3. The summed E-state index contributed by atoms with van der Waals surface area (Å²) >= 11 is 0. The van der Waals surface area contributed by atoms with Gasteiger partial charge in [-0.05, 0) is 31.5 Å². The maximum absolute atomic E-state index is 12.0. The highest BCUT2D eigenvalue weighted by molar-refractivity contribution is 7.85. The third kappa shape index (κ3) is 3.89. The van der Waals surface area contributed by atoms with Gasteiger partial charge in [-0.3, -0.25) is 9.00 Å². The number of carbonyl (C=O) groups excluding carboxylic acids is 1. The second-order valence-electron chi connectivity index (χ2n) is 4.62. The molecule has 3 nitrogen and oxygen atoms in total. The molecule has 0 amide bonds. The predicted molar refractivity (Wildman–Crippen MR) is 75.7 cm³/mol. The van der Waals surface area contributed by atoms with Crippen LogP contribution in [0.15, 0.2) is 41.0 Å². The summed E-state index contributed by atoms with van der Waals surface area (Å²) in [6.45, 7) is 4.01. The van der Waals surface area contributed by atoms with E-state index in [4.69, 9.17) is 4.42 Å². The molecule has 0 spiro atoms. The fourth-order valence-electron chi connectivity index (χ4n) is 2.04. The van der Waals surface area contributed by atoms with Crippen molar-refractivity contribution in [3.8, 4) is 0 Å². The largest absolute Gasteiger partial charge is 0.461 e. The smallest absolute Gasteiger partial charge is 0.210 e. The molecule has 2 rings (SSSR count). The van der Waals surface area contributed by atoms with Gasteiger partial charge in [0.25, 0.3) is 0 Å². The van der Waals surface area contributed by atoms with Gasteiger partial charge in [-0.15, -0.1) is 0 Å². The zero-order valence-corrected chi connectivity index (χ0v) is 11.8. The van der Waals surface area contributed by atoms with Crippen LogP contribution in [-0.4, -0.2) is 15.7 Å². The Morgan fingerprint density at radius 1 is 1.21 bits per heavy atom. The fourth-order valence-corrected chi connectivity index (χ4v) is 3.12. The van der Waals surface area contributed by atoms with Crippen LogP contribution in [-0.2, 0) is 16.6 Å². The van der Waals surface area contributed by atoms with Crippen molar-refractivity contribution in [3.63, 3.8) is 0 Å². The summed E-state index contributed by atoms with van der Waals surface area (Å²) in [6.07, 6.45) is 1.44. The maximum Gasteiger partial charge on any atom is 0.210 e. The number of benzene rings is 1. The summed E-state index contributed by atoms with van der Waals surface area (Å²) in [4.78, 5) is 11.8. The third-order valence-electron chi connectivity index (χ3n) is 2.70. The van der Waals surface area contributed by atoms with E-state index in [2.05, 4.69) is 6.07 Å². The number of rotatable bonds is 5. The van der Waals surface area contributed by atoms with Crippen LogP contribution in [0.5, 0.6) is 0 Å². The van der Waals surface area contributed by atoms with E-state index < -0.39 is 10.8 Å². The van der Waals surface area contributed by atoms with Crippen molar-refractivity contribution in [1.29, 1.82) is 0 Å². The lowest BCUT2D eigenvalue weighted by Gasteiger charge is -2.04. The quantitative estimate of drug-likeness (QED) is 0.789. The highest BCUT2D eigenvalue weighted by Gasteiger charge is 2.13. The summed E-state index contributed by atoms with van der Waals surface area (Å²) in [6, 6.07) is 9.32. The summed E-state index contributed by atoms with van der Waals surface area (Å²) in [5, 5.41) is 0. The monoisotopic (exact) mass is 276 g/mol. The summed E-state index contributed by atoms with van der Waals surface area (Å²) < 4.78 is 17.0. The van der Waals surface area contributed by atoms with Crippen LogP contribution in [0.1, 0.15) is 27.2 Å². The van der Waals surface area contributed by atoms with Crippen molar-refractivity contribution >= 4 is 16.6 Å². The molecular formula is C15H16O3S. The summed E-state index contributed by atoms with van der Waals surface area (Å²) in [7, 11) is -1.21. The first-order valence-corrected chi connectivity index (χ1v) is 7.52. The molecule has 1 aromatic heterocycles. The SMILES string of the molecule is Cc1cc(C)cc(CS(=O)CC(=O)c2ccco2)c1. The summed E-state index contributed by atoms with van der Waals surface area (Å²) in [5.41, 5.74) is 3.29. The Morgan fingerprint density at radius 3 is 2.47 bits per heavy atom. The average Bonchev–Trinajstić information content (AvgIpc) is 2.80. The van der Waals surface area contributed by atoms with Crippen LogP contribution >= 0.6 is 0 Å². The van der Waals surface area contributed by atoms with Crippen LogP contribution in [0.25, 0.3) is 0 Å². The van der Waals surface area contributed by atoms with Gasteiger partial charge < -0.3 is 4.42 Å². The first-order valence-electron chi connectivity index (χ1n) is 6.03. The van der Waals surface area contributed by atoms with Crippen molar-refractivity contribution in [3.05, 3.63) is 59.0 Å². The first-order chi connectivity index (χ1) is 9.04. The van der Waals surface area contributed by atoms with Crippen LogP contribution in [0.4, 0.5) is 0 Å². The number of furan rings is 1. The molecule has 4 heteroatoms. The van der Waals surface area contributed by atoms with Gasteiger partial charge in [0, 0.05) is 16.6 Å². The molecule has 0 saturated carbocycles. The minimum atomic E-state index is -1.21. The van der Waals surface area contributed by atoms with Crippen molar-refractivity contribution in [1.82, 2.24) is 0 Å². The zero-order valence-electron chi connectivity index (χ0n) is 11.0. The molecule has 1 unspecified atom stereocenters. The van der Waals surface area contributed by atoms with Gasteiger partial charge in [-0.25, -0.2) is 0 Å².